The maximum absolute atomic E-state index is 6.04. The van der Waals surface area contributed by atoms with Crippen LogP contribution < -0.4 is 10.1 Å². The number of nitrogens with one attached hydrogen (secondary N) is 1. The van der Waals surface area contributed by atoms with Crippen LogP contribution in [0.25, 0.3) is 0 Å². The molecule has 1 N–H and O–H groups in total. The molecule has 3 nitrogen and oxygen atoms in total. The number of pyridine rings is 1. The van der Waals surface area contributed by atoms with Crippen LogP contribution in [-0.2, 0) is 0 Å². The highest BCUT2D eigenvalue weighted by Gasteiger charge is 2.13. The molecule has 0 aliphatic rings. The van der Waals surface area contributed by atoms with E-state index in [1.807, 2.05) is 18.2 Å². The molecular formula is C17H22N2O. The van der Waals surface area contributed by atoms with Gasteiger partial charge in [0.2, 0.25) is 5.88 Å². The van der Waals surface area contributed by atoms with Crippen molar-refractivity contribution in [3.05, 3.63) is 53.2 Å². The molecule has 0 spiro atoms. The molecule has 0 saturated carbocycles. The molecule has 0 bridgehead atoms. The molecule has 0 amide bonds. The van der Waals surface area contributed by atoms with Crippen LogP contribution in [0, 0.1) is 13.8 Å². The molecule has 2 rings (SSSR count). The zero-order valence-electron chi connectivity index (χ0n) is 12.6. The van der Waals surface area contributed by atoms with E-state index in [9.17, 15) is 0 Å². The molecule has 0 saturated heterocycles. The lowest BCUT2D eigenvalue weighted by Gasteiger charge is -2.17. The number of hydrogen-bond donors (Lipinski definition) is 1. The van der Waals surface area contributed by atoms with Crippen molar-refractivity contribution in [2.75, 3.05) is 6.54 Å². The topological polar surface area (TPSA) is 34.2 Å². The van der Waals surface area contributed by atoms with E-state index in [4.69, 9.17) is 4.74 Å². The van der Waals surface area contributed by atoms with E-state index >= 15 is 0 Å². The van der Waals surface area contributed by atoms with Gasteiger partial charge in [0.05, 0.1) is 0 Å². The molecule has 106 valence electrons. The molecule has 1 atom stereocenters. The molecule has 1 aromatic carbocycles. The molecule has 3 heteroatoms. The van der Waals surface area contributed by atoms with E-state index in [0.717, 1.165) is 23.4 Å². The molecule has 2 aromatic rings. The third kappa shape index (κ3) is 3.17. The van der Waals surface area contributed by atoms with Crippen LogP contribution >= 0.6 is 0 Å². The Balaban J connectivity index is 2.32. The summed E-state index contributed by atoms with van der Waals surface area (Å²) in [5.41, 5.74) is 3.45. The molecule has 1 aromatic heterocycles. The quantitative estimate of drug-likeness (QED) is 0.885. The highest BCUT2D eigenvalue weighted by Crippen LogP contribution is 2.30. The van der Waals surface area contributed by atoms with Gasteiger partial charge in [-0.15, -0.1) is 0 Å². The number of benzene rings is 1. The minimum Gasteiger partial charge on any atom is -0.438 e. The van der Waals surface area contributed by atoms with Crippen LogP contribution in [0.2, 0.25) is 0 Å². The molecule has 1 heterocycles. The second kappa shape index (κ2) is 6.53. The summed E-state index contributed by atoms with van der Waals surface area (Å²) in [6, 6.07) is 10.3. The van der Waals surface area contributed by atoms with E-state index < -0.39 is 0 Å². The fourth-order valence-corrected chi connectivity index (χ4v) is 2.17. The Morgan fingerprint density at radius 1 is 1.20 bits per heavy atom. The van der Waals surface area contributed by atoms with Crippen LogP contribution in [-0.4, -0.2) is 11.5 Å². The van der Waals surface area contributed by atoms with Gasteiger partial charge < -0.3 is 10.1 Å². The number of ether oxygens (including phenoxy) is 1. The summed E-state index contributed by atoms with van der Waals surface area (Å²) in [6.45, 7) is 9.29. The monoisotopic (exact) mass is 270 g/mol. The summed E-state index contributed by atoms with van der Waals surface area (Å²) in [4.78, 5) is 4.39. The average Bonchev–Trinajstić information content (AvgIpc) is 2.45. The van der Waals surface area contributed by atoms with Crippen molar-refractivity contribution in [2.24, 2.45) is 0 Å². The maximum atomic E-state index is 6.04. The van der Waals surface area contributed by atoms with Crippen LogP contribution in [0.15, 0.2) is 36.5 Å². The summed E-state index contributed by atoms with van der Waals surface area (Å²) >= 11 is 0. The molecule has 0 aliphatic carbocycles. The largest absolute Gasteiger partial charge is 0.438 e. The van der Waals surface area contributed by atoms with Crippen molar-refractivity contribution in [1.29, 1.82) is 0 Å². The van der Waals surface area contributed by atoms with Gasteiger partial charge in [0.25, 0.3) is 0 Å². The van der Waals surface area contributed by atoms with Crippen molar-refractivity contribution in [3.63, 3.8) is 0 Å². The fraction of sp³-hybridized carbons (Fsp3) is 0.353. The first kappa shape index (κ1) is 14.5. The Morgan fingerprint density at radius 3 is 2.75 bits per heavy atom. The van der Waals surface area contributed by atoms with Crippen molar-refractivity contribution >= 4 is 0 Å². The lowest BCUT2D eigenvalue weighted by molar-refractivity contribution is 0.441. The van der Waals surface area contributed by atoms with Gasteiger partial charge in [0.15, 0.2) is 0 Å². The van der Waals surface area contributed by atoms with Gasteiger partial charge in [-0.3, -0.25) is 0 Å². The molecule has 20 heavy (non-hydrogen) atoms. The smallest absolute Gasteiger partial charge is 0.223 e. The molecular weight excluding hydrogens is 248 g/mol. The van der Waals surface area contributed by atoms with Gasteiger partial charge in [0, 0.05) is 17.8 Å². The van der Waals surface area contributed by atoms with Gasteiger partial charge in [-0.1, -0.05) is 25.1 Å². The Labute approximate surface area is 121 Å². The highest BCUT2D eigenvalue weighted by atomic mass is 16.5. The first-order chi connectivity index (χ1) is 9.63. The Kier molecular flexibility index (Phi) is 4.74. The van der Waals surface area contributed by atoms with Gasteiger partial charge in [-0.2, -0.15) is 0 Å². The van der Waals surface area contributed by atoms with Crippen LogP contribution in [0.1, 0.15) is 36.6 Å². The van der Waals surface area contributed by atoms with Crippen molar-refractivity contribution in [1.82, 2.24) is 10.3 Å². The summed E-state index contributed by atoms with van der Waals surface area (Å²) in [6.07, 6.45) is 1.77. The molecule has 1 unspecified atom stereocenters. The number of hydrogen-bond acceptors (Lipinski definition) is 3. The van der Waals surface area contributed by atoms with Crippen molar-refractivity contribution < 1.29 is 4.74 Å². The van der Waals surface area contributed by atoms with E-state index in [1.165, 1.54) is 5.56 Å². The van der Waals surface area contributed by atoms with Crippen LogP contribution in [0.4, 0.5) is 0 Å². The molecule has 0 fully saturated rings. The van der Waals surface area contributed by atoms with E-state index in [-0.39, 0.29) is 6.04 Å². The summed E-state index contributed by atoms with van der Waals surface area (Å²) in [5, 5.41) is 3.39. The molecule has 0 aliphatic heterocycles. The standard InChI is InChI=1S/C17H22N2O/c1-5-18-14(4)15-9-7-11-19-17(15)20-16-10-6-8-12(2)13(16)3/h6-11,14,18H,5H2,1-4H3. The highest BCUT2D eigenvalue weighted by molar-refractivity contribution is 5.42. The van der Waals surface area contributed by atoms with Crippen LogP contribution in [0.3, 0.4) is 0 Å². The normalized spacial score (nSPS) is 12.2. The van der Waals surface area contributed by atoms with E-state index in [1.54, 1.807) is 6.20 Å². The Hall–Kier alpha value is -1.87. The van der Waals surface area contributed by atoms with E-state index in [0.29, 0.717) is 5.88 Å². The van der Waals surface area contributed by atoms with Crippen LogP contribution in [0.5, 0.6) is 11.6 Å². The summed E-state index contributed by atoms with van der Waals surface area (Å²) in [5.74, 6) is 1.54. The summed E-state index contributed by atoms with van der Waals surface area (Å²) < 4.78 is 6.04. The first-order valence-corrected chi connectivity index (χ1v) is 7.05. The van der Waals surface area contributed by atoms with E-state index in [2.05, 4.69) is 50.1 Å². The zero-order valence-corrected chi connectivity index (χ0v) is 12.6. The van der Waals surface area contributed by atoms with Gasteiger partial charge in [0.1, 0.15) is 5.75 Å². The third-order valence-corrected chi connectivity index (χ3v) is 3.54. The fourth-order valence-electron chi connectivity index (χ4n) is 2.17. The minimum atomic E-state index is 0.216. The number of aryl methyl sites for hydroxylation is 1. The maximum Gasteiger partial charge on any atom is 0.223 e. The van der Waals surface area contributed by atoms with Gasteiger partial charge >= 0.3 is 0 Å². The SMILES string of the molecule is CCNC(C)c1cccnc1Oc1cccc(C)c1C. The second-order valence-corrected chi connectivity index (χ2v) is 4.98. The number of nitrogens with zero attached hydrogens (tertiary/aromatic N) is 1. The van der Waals surface area contributed by atoms with Gasteiger partial charge in [-0.05, 0) is 50.6 Å². The number of rotatable bonds is 5. The summed E-state index contributed by atoms with van der Waals surface area (Å²) in [7, 11) is 0. The first-order valence-electron chi connectivity index (χ1n) is 7.05. The number of aromatic nitrogens is 1. The predicted octanol–water partition coefficient (Wildman–Crippen LogP) is 4.16. The molecule has 0 radical (unpaired) electrons. The van der Waals surface area contributed by atoms with Crippen molar-refractivity contribution in [2.45, 2.75) is 33.7 Å². The lowest BCUT2D eigenvalue weighted by Crippen LogP contribution is -2.18. The van der Waals surface area contributed by atoms with Gasteiger partial charge in [-0.25, -0.2) is 4.98 Å². The Morgan fingerprint density at radius 2 is 2.00 bits per heavy atom. The zero-order chi connectivity index (χ0) is 14.5. The Bertz CT molecular complexity index is 581. The lowest BCUT2D eigenvalue weighted by atomic mass is 10.1. The predicted molar refractivity (Wildman–Crippen MR) is 82.3 cm³/mol. The van der Waals surface area contributed by atoms with Crippen molar-refractivity contribution in [3.8, 4) is 11.6 Å². The third-order valence-electron chi connectivity index (χ3n) is 3.54. The second-order valence-electron chi connectivity index (χ2n) is 4.98. The average molecular weight is 270 g/mol. The minimum absolute atomic E-state index is 0.216.